The molecule has 1 amide bonds. The summed E-state index contributed by atoms with van der Waals surface area (Å²) < 4.78 is 10.6. The number of carbonyl (C=O) groups excluding carboxylic acids is 2. The minimum Gasteiger partial charge on any atom is -0.497 e. The van der Waals surface area contributed by atoms with Crippen LogP contribution in [0.15, 0.2) is 48.6 Å². The molecular weight excluding hydrogens is 306 g/mol. The molecule has 0 N–H and O–H groups in total. The molecule has 24 heavy (non-hydrogen) atoms. The van der Waals surface area contributed by atoms with Gasteiger partial charge in [0.1, 0.15) is 17.3 Å². The van der Waals surface area contributed by atoms with Crippen LogP contribution in [-0.4, -0.2) is 31.1 Å². The number of esters is 1. The van der Waals surface area contributed by atoms with Gasteiger partial charge in [-0.25, -0.2) is 0 Å². The van der Waals surface area contributed by atoms with Crippen LogP contribution < -0.4 is 9.64 Å². The van der Waals surface area contributed by atoms with Gasteiger partial charge < -0.3 is 14.4 Å². The van der Waals surface area contributed by atoms with Crippen LogP contribution in [0.3, 0.4) is 0 Å². The lowest BCUT2D eigenvalue weighted by Gasteiger charge is -2.54. The zero-order valence-electron chi connectivity index (χ0n) is 14.2. The smallest absolute Gasteiger partial charge is 0.302 e. The molecule has 0 aromatic heterocycles. The monoisotopic (exact) mass is 327 g/mol. The number of amides is 1. The van der Waals surface area contributed by atoms with Gasteiger partial charge in [0, 0.05) is 19.0 Å². The summed E-state index contributed by atoms with van der Waals surface area (Å²) in [6.07, 6.45) is 0.0571. The van der Waals surface area contributed by atoms with E-state index in [0.29, 0.717) is 12.2 Å². The number of fused-ring (bicyclic) bond motifs is 1. The van der Waals surface area contributed by atoms with Crippen LogP contribution in [0.4, 0.5) is 5.69 Å². The van der Waals surface area contributed by atoms with Crippen molar-refractivity contribution in [1.82, 2.24) is 0 Å². The van der Waals surface area contributed by atoms with Gasteiger partial charge >= 0.3 is 5.97 Å². The van der Waals surface area contributed by atoms with Crippen molar-refractivity contribution in [2.24, 2.45) is 5.41 Å². The summed E-state index contributed by atoms with van der Waals surface area (Å²) in [5.41, 5.74) is 1.41. The third kappa shape index (κ3) is 2.00. The molecule has 1 aliphatic carbocycles. The summed E-state index contributed by atoms with van der Waals surface area (Å²) in [5, 5.41) is 0. The number of ether oxygens (including phenoxy) is 2. The lowest BCUT2D eigenvalue weighted by molar-refractivity contribution is -0.151. The van der Waals surface area contributed by atoms with E-state index in [0.717, 1.165) is 16.8 Å². The third-order valence-electron chi connectivity index (χ3n) is 4.98. The van der Waals surface area contributed by atoms with Gasteiger partial charge in [-0.2, -0.15) is 0 Å². The Kier molecular flexibility index (Phi) is 3.74. The number of anilines is 1. The molecule has 1 aromatic carbocycles. The first kappa shape index (κ1) is 16.3. The first-order valence-electron chi connectivity index (χ1n) is 7.83. The van der Waals surface area contributed by atoms with Crippen molar-refractivity contribution in [3.05, 3.63) is 48.6 Å². The van der Waals surface area contributed by atoms with Gasteiger partial charge in [-0.15, -0.1) is 0 Å². The molecule has 2 fully saturated rings. The second kappa shape index (κ2) is 5.51. The fourth-order valence-corrected chi connectivity index (χ4v) is 3.97. The highest BCUT2D eigenvalue weighted by Gasteiger charge is 2.70. The third-order valence-corrected chi connectivity index (χ3v) is 4.98. The van der Waals surface area contributed by atoms with Crippen molar-refractivity contribution in [3.63, 3.8) is 0 Å². The maximum atomic E-state index is 13.0. The lowest BCUT2D eigenvalue weighted by Crippen LogP contribution is -2.71. The Bertz CT molecular complexity index is 736. The highest BCUT2D eigenvalue weighted by Crippen LogP contribution is 2.59. The van der Waals surface area contributed by atoms with Crippen LogP contribution in [-0.2, 0) is 14.3 Å². The van der Waals surface area contributed by atoms with E-state index in [-0.39, 0.29) is 17.9 Å². The lowest BCUT2D eigenvalue weighted by atomic mass is 9.65. The fraction of sp³-hybridized carbons (Fsp3) is 0.368. The average Bonchev–Trinajstić information content (AvgIpc) is 2.76. The van der Waals surface area contributed by atoms with E-state index < -0.39 is 11.5 Å². The molecule has 2 aliphatic rings. The quantitative estimate of drug-likeness (QED) is 0.485. The van der Waals surface area contributed by atoms with Gasteiger partial charge in [-0.1, -0.05) is 24.3 Å². The Balaban J connectivity index is 2.02. The molecule has 1 aromatic rings. The maximum Gasteiger partial charge on any atom is 0.302 e. The standard InChI is InChI=1S/C19H21NO4/c1-11(2)19-12(3)10-16(24-13(4)21)17(19)20(18(19)22)14-6-8-15(23-5)9-7-14/h6-9,16-17H,1,3,10H2,2,4-5H3/t16-,17-,19+/m1/s1. The second-order valence-electron chi connectivity index (χ2n) is 6.36. The highest BCUT2D eigenvalue weighted by molar-refractivity contribution is 6.11. The Hall–Kier alpha value is -2.56. The molecule has 1 heterocycles. The molecule has 126 valence electrons. The Morgan fingerprint density at radius 1 is 1.29 bits per heavy atom. The Labute approximate surface area is 141 Å². The molecule has 1 saturated heterocycles. The van der Waals surface area contributed by atoms with Crippen molar-refractivity contribution in [3.8, 4) is 5.75 Å². The Morgan fingerprint density at radius 2 is 1.92 bits per heavy atom. The van der Waals surface area contributed by atoms with Crippen molar-refractivity contribution in [2.45, 2.75) is 32.4 Å². The summed E-state index contributed by atoms with van der Waals surface area (Å²) in [4.78, 5) is 26.2. The topological polar surface area (TPSA) is 55.8 Å². The van der Waals surface area contributed by atoms with Crippen molar-refractivity contribution in [1.29, 1.82) is 0 Å². The van der Waals surface area contributed by atoms with Gasteiger partial charge in [0.15, 0.2) is 0 Å². The van der Waals surface area contributed by atoms with E-state index >= 15 is 0 Å². The first-order chi connectivity index (χ1) is 11.3. The molecule has 0 radical (unpaired) electrons. The minimum absolute atomic E-state index is 0.0650. The van der Waals surface area contributed by atoms with E-state index in [2.05, 4.69) is 13.2 Å². The van der Waals surface area contributed by atoms with E-state index in [1.54, 1.807) is 24.1 Å². The second-order valence-corrected chi connectivity index (χ2v) is 6.36. The van der Waals surface area contributed by atoms with Crippen LogP contribution >= 0.6 is 0 Å². The van der Waals surface area contributed by atoms with E-state index in [4.69, 9.17) is 9.47 Å². The number of nitrogens with zero attached hydrogens (tertiary/aromatic N) is 1. The van der Waals surface area contributed by atoms with Gasteiger partial charge in [-0.3, -0.25) is 9.59 Å². The van der Waals surface area contributed by atoms with Gasteiger partial charge in [0.05, 0.1) is 13.2 Å². The average molecular weight is 327 g/mol. The molecule has 1 aliphatic heterocycles. The first-order valence-corrected chi connectivity index (χ1v) is 7.83. The fourth-order valence-electron chi connectivity index (χ4n) is 3.97. The molecule has 3 atom stereocenters. The van der Waals surface area contributed by atoms with Gasteiger partial charge in [0.2, 0.25) is 5.91 Å². The van der Waals surface area contributed by atoms with Crippen molar-refractivity contribution in [2.75, 3.05) is 12.0 Å². The number of hydrogen-bond donors (Lipinski definition) is 0. The van der Waals surface area contributed by atoms with Gasteiger partial charge in [0.25, 0.3) is 0 Å². The molecular formula is C19H21NO4. The molecule has 3 rings (SSSR count). The van der Waals surface area contributed by atoms with Crippen molar-refractivity contribution >= 4 is 17.6 Å². The summed E-state index contributed by atoms with van der Waals surface area (Å²) in [6, 6.07) is 6.95. The number of rotatable bonds is 4. The molecule has 1 saturated carbocycles. The maximum absolute atomic E-state index is 13.0. The number of β-lactam (4-membered cyclic amide) rings is 1. The van der Waals surface area contributed by atoms with Crippen LogP contribution in [0.2, 0.25) is 0 Å². The molecule has 0 bridgehead atoms. The minimum atomic E-state index is -0.833. The van der Waals surface area contributed by atoms with Crippen LogP contribution in [0, 0.1) is 5.41 Å². The van der Waals surface area contributed by atoms with E-state index in [9.17, 15) is 9.59 Å². The van der Waals surface area contributed by atoms with Gasteiger partial charge in [-0.05, 0) is 31.2 Å². The predicted octanol–water partition coefficient (Wildman–Crippen LogP) is 2.86. The Morgan fingerprint density at radius 3 is 2.42 bits per heavy atom. The number of hydrogen-bond acceptors (Lipinski definition) is 4. The van der Waals surface area contributed by atoms with E-state index in [1.165, 1.54) is 6.92 Å². The SMILES string of the molecule is C=C(C)[C@]12C(=C)C[C@@H](OC(C)=O)[C@H]1N(c1ccc(OC)cc1)C2=O. The summed E-state index contributed by atoms with van der Waals surface area (Å²) in [6.45, 7) is 11.3. The summed E-state index contributed by atoms with van der Waals surface area (Å²) in [5.74, 6) is 0.286. The van der Waals surface area contributed by atoms with Crippen LogP contribution in [0.25, 0.3) is 0 Å². The summed E-state index contributed by atoms with van der Waals surface area (Å²) in [7, 11) is 1.59. The van der Waals surface area contributed by atoms with Crippen molar-refractivity contribution < 1.29 is 19.1 Å². The molecule has 5 heteroatoms. The highest BCUT2D eigenvalue weighted by atomic mass is 16.5. The van der Waals surface area contributed by atoms with E-state index in [1.807, 2.05) is 19.1 Å². The zero-order valence-corrected chi connectivity index (χ0v) is 14.2. The van der Waals surface area contributed by atoms with Crippen LogP contribution in [0.5, 0.6) is 5.75 Å². The number of carbonyl (C=O) groups is 2. The zero-order chi connectivity index (χ0) is 17.6. The predicted molar refractivity (Wildman–Crippen MR) is 90.8 cm³/mol. The normalized spacial score (nSPS) is 28.2. The van der Waals surface area contributed by atoms with Crippen LogP contribution in [0.1, 0.15) is 20.3 Å². The largest absolute Gasteiger partial charge is 0.497 e. The number of methoxy groups -OCH3 is 1. The molecule has 0 spiro atoms. The molecule has 5 nitrogen and oxygen atoms in total. The summed E-state index contributed by atoms with van der Waals surface area (Å²) >= 11 is 0. The molecule has 0 unspecified atom stereocenters. The number of benzene rings is 1.